The quantitative estimate of drug-likeness (QED) is 0.888. The van der Waals surface area contributed by atoms with Gasteiger partial charge in [0.15, 0.2) is 0 Å². The van der Waals surface area contributed by atoms with Crippen LogP contribution in [0, 0.1) is 6.92 Å². The lowest BCUT2D eigenvalue weighted by Crippen LogP contribution is -2.48. The monoisotopic (exact) mass is 318 g/mol. The Morgan fingerprint density at radius 2 is 1.95 bits per heavy atom. The van der Waals surface area contributed by atoms with Gasteiger partial charge in [-0.3, -0.25) is 0 Å². The molecule has 0 saturated carbocycles. The first-order valence-corrected chi connectivity index (χ1v) is 9.17. The largest absolute Gasteiger partial charge is 0.391 e. The van der Waals surface area contributed by atoms with E-state index in [1.807, 2.05) is 0 Å². The summed E-state index contributed by atoms with van der Waals surface area (Å²) in [6, 6.07) is 1.60. The Balaban J connectivity index is 2.13. The fourth-order valence-corrected chi connectivity index (χ4v) is 5.39. The summed E-state index contributed by atoms with van der Waals surface area (Å²) in [4.78, 5) is 4.11. The average Bonchev–Trinajstić information content (AvgIpc) is 2.82. The Bertz CT molecular complexity index is 546. The van der Waals surface area contributed by atoms with Crippen LogP contribution in [-0.2, 0) is 16.6 Å². The van der Waals surface area contributed by atoms with E-state index < -0.39 is 10.0 Å². The van der Waals surface area contributed by atoms with E-state index in [0.717, 1.165) is 30.9 Å². The number of nitrogens with zero attached hydrogens (tertiary/aromatic N) is 2. The zero-order valence-electron chi connectivity index (χ0n) is 12.0. The molecule has 20 heavy (non-hydrogen) atoms. The van der Waals surface area contributed by atoms with Gasteiger partial charge in [-0.05, 0) is 26.0 Å². The highest BCUT2D eigenvalue weighted by Gasteiger charge is 2.30. The number of sulfonamides is 1. The number of aryl methyl sites for hydroxylation is 1. The summed E-state index contributed by atoms with van der Waals surface area (Å²) >= 11 is 1.35. The van der Waals surface area contributed by atoms with Crippen LogP contribution in [0.15, 0.2) is 11.0 Å². The molecular formula is C13H22N2O3S2. The zero-order chi connectivity index (χ0) is 14.8. The van der Waals surface area contributed by atoms with E-state index in [1.54, 1.807) is 17.3 Å². The van der Waals surface area contributed by atoms with Gasteiger partial charge in [-0.25, -0.2) is 8.42 Å². The molecule has 1 aromatic rings. The summed E-state index contributed by atoms with van der Waals surface area (Å²) < 4.78 is 26.8. The lowest BCUT2D eigenvalue weighted by atomic mass is 10.3. The van der Waals surface area contributed by atoms with Gasteiger partial charge >= 0.3 is 0 Å². The van der Waals surface area contributed by atoms with Crippen LogP contribution < -0.4 is 0 Å². The predicted octanol–water partition coefficient (Wildman–Crippen LogP) is 1.27. The predicted molar refractivity (Wildman–Crippen MR) is 80.5 cm³/mol. The first-order valence-electron chi connectivity index (χ1n) is 6.91. The Morgan fingerprint density at radius 1 is 1.30 bits per heavy atom. The minimum atomic E-state index is -3.41. The number of aliphatic hydroxyl groups is 1. The van der Waals surface area contributed by atoms with Crippen molar-refractivity contribution in [1.29, 1.82) is 0 Å². The van der Waals surface area contributed by atoms with Gasteiger partial charge in [0.25, 0.3) is 0 Å². The standard InChI is InChI=1S/C13H22N2O3S2/c1-3-4-14-5-7-15(8-6-14)20(17,18)13-9-12(10-16)19-11(13)2/h9,16H,3-8,10H2,1-2H3. The van der Waals surface area contributed by atoms with Crippen LogP contribution in [0.2, 0.25) is 0 Å². The second-order valence-corrected chi connectivity index (χ2v) is 8.28. The lowest BCUT2D eigenvalue weighted by molar-refractivity contribution is 0.188. The number of hydrogen-bond donors (Lipinski definition) is 1. The van der Waals surface area contributed by atoms with E-state index in [4.69, 9.17) is 5.11 Å². The molecule has 0 aliphatic carbocycles. The smallest absolute Gasteiger partial charge is 0.244 e. The summed E-state index contributed by atoms with van der Waals surface area (Å²) in [5, 5.41) is 9.14. The average molecular weight is 318 g/mol. The summed E-state index contributed by atoms with van der Waals surface area (Å²) in [7, 11) is -3.41. The zero-order valence-corrected chi connectivity index (χ0v) is 13.6. The van der Waals surface area contributed by atoms with Crippen LogP contribution in [0.5, 0.6) is 0 Å². The van der Waals surface area contributed by atoms with Gasteiger partial charge in [0, 0.05) is 35.9 Å². The summed E-state index contributed by atoms with van der Waals surface area (Å²) in [5.74, 6) is 0. The fraction of sp³-hybridized carbons (Fsp3) is 0.692. The van der Waals surface area contributed by atoms with E-state index in [-0.39, 0.29) is 6.61 Å². The van der Waals surface area contributed by atoms with Crippen LogP contribution in [0.25, 0.3) is 0 Å². The highest BCUT2D eigenvalue weighted by molar-refractivity contribution is 7.89. The number of piperazine rings is 1. The molecule has 1 aliphatic heterocycles. The highest BCUT2D eigenvalue weighted by Crippen LogP contribution is 2.28. The maximum absolute atomic E-state index is 12.6. The van der Waals surface area contributed by atoms with Gasteiger partial charge in [-0.1, -0.05) is 6.92 Å². The van der Waals surface area contributed by atoms with Crippen molar-refractivity contribution in [2.45, 2.75) is 31.8 Å². The third kappa shape index (κ3) is 3.23. The van der Waals surface area contributed by atoms with E-state index in [0.29, 0.717) is 22.9 Å². The number of aliphatic hydroxyl groups excluding tert-OH is 1. The molecule has 0 radical (unpaired) electrons. The molecule has 5 nitrogen and oxygen atoms in total. The van der Waals surface area contributed by atoms with Crippen molar-refractivity contribution < 1.29 is 13.5 Å². The van der Waals surface area contributed by atoms with Crippen molar-refractivity contribution in [2.75, 3.05) is 32.7 Å². The van der Waals surface area contributed by atoms with Crippen LogP contribution in [-0.4, -0.2) is 55.5 Å². The minimum absolute atomic E-state index is 0.106. The summed E-state index contributed by atoms with van der Waals surface area (Å²) in [6.07, 6.45) is 1.09. The van der Waals surface area contributed by atoms with Gasteiger partial charge in [-0.15, -0.1) is 11.3 Å². The third-order valence-corrected chi connectivity index (χ3v) is 6.76. The van der Waals surface area contributed by atoms with E-state index in [2.05, 4.69) is 11.8 Å². The molecule has 0 spiro atoms. The Morgan fingerprint density at radius 3 is 2.45 bits per heavy atom. The molecule has 0 amide bonds. The molecule has 1 saturated heterocycles. The van der Waals surface area contributed by atoms with E-state index in [9.17, 15) is 8.42 Å². The van der Waals surface area contributed by atoms with Crippen LogP contribution in [0.4, 0.5) is 0 Å². The number of thiophene rings is 1. The third-order valence-electron chi connectivity index (χ3n) is 3.57. The molecule has 1 N–H and O–H groups in total. The molecule has 0 atom stereocenters. The van der Waals surface area contributed by atoms with Crippen molar-refractivity contribution in [2.24, 2.45) is 0 Å². The van der Waals surface area contributed by atoms with Crippen molar-refractivity contribution in [3.05, 3.63) is 15.8 Å². The molecule has 114 valence electrons. The molecule has 1 aromatic heterocycles. The molecule has 0 unspecified atom stereocenters. The molecular weight excluding hydrogens is 296 g/mol. The first kappa shape index (κ1) is 15.9. The normalized spacial score (nSPS) is 18.6. The topological polar surface area (TPSA) is 60.9 Å². The maximum atomic E-state index is 12.6. The first-order chi connectivity index (χ1) is 9.48. The highest BCUT2D eigenvalue weighted by atomic mass is 32.2. The molecule has 7 heteroatoms. The molecule has 1 aliphatic rings. The van der Waals surface area contributed by atoms with Crippen molar-refractivity contribution in [3.63, 3.8) is 0 Å². The van der Waals surface area contributed by atoms with Crippen molar-refractivity contribution >= 4 is 21.4 Å². The molecule has 1 fully saturated rings. The molecule has 0 aromatic carbocycles. The van der Waals surface area contributed by atoms with Gasteiger partial charge in [0.05, 0.1) is 11.5 Å². The molecule has 0 bridgehead atoms. The fourth-order valence-electron chi connectivity index (χ4n) is 2.51. The summed E-state index contributed by atoms with van der Waals surface area (Å²) in [6.45, 7) is 7.54. The molecule has 2 heterocycles. The minimum Gasteiger partial charge on any atom is -0.391 e. The van der Waals surface area contributed by atoms with Crippen molar-refractivity contribution in [3.8, 4) is 0 Å². The Hall–Kier alpha value is -0.470. The lowest BCUT2D eigenvalue weighted by Gasteiger charge is -2.33. The second-order valence-electron chi connectivity index (χ2n) is 5.04. The van der Waals surface area contributed by atoms with Gasteiger partial charge in [-0.2, -0.15) is 4.31 Å². The van der Waals surface area contributed by atoms with E-state index in [1.165, 1.54) is 11.3 Å². The second kappa shape index (κ2) is 6.53. The van der Waals surface area contributed by atoms with E-state index >= 15 is 0 Å². The van der Waals surface area contributed by atoms with Crippen LogP contribution >= 0.6 is 11.3 Å². The van der Waals surface area contributed by atoms with Gasteiger partial charge < -0.3 is 10.0 Å². The number of rotatable bonds is 5. The van der Waals surface area contributed by atoms with Gasteiger partial charge in [0.2, 0.25) is 10.0 Å². The van der Waals surface area contributed by atoms with Crippen molar-refractivity contribution in [1.82, 2.24) is 9.21 Å². The number of hydrogen-bond acceptors (Lipinski definition) is 5. The molecule has 2 rings (SSSR count). The SMILES string of the molecule is CCCN1CCN(S(=O)(=O)c2cc(CO)sc2C)CC1. The summed E-state index contributed by atoms with van der Waals surface area (Å²) in [5.41, 5.74) is 0. The van der Waals surface area contributed by atoms with Crippen LogP contribution in [0.3, 0.4) is 0 Å². The Labute approximate surface area is 124 Å². The Kier molecular flexibility index (Phi) is 5.19. The van der Waals surface area contributed by atoms with Crippen LogP contribution in [0.1, 0.15) is 23.1 Å². The van der Waals surface area contributed by atoms with Gasteiger partial charge in [0.1, 0.15) is 0 Å². The maximum Gasteiger partial charge on any atom is 0.244 e.